The minimum atomic E-state index is -0.0503. The molecule has 134 valence electrons. The molecule has 4 rings (SSSR count). The van der Waals surface area contributed by atoms with Crippen molar-refractivity contribution < 1.29 is 9.32 Å². The van der Waals surface area contributed by atoms with Gasteiger partial charge in [-0.3, -0.25) is 4.79 Å². The van der Waals surface area contributed by atoms with Crippen molar-refractivity contribution in [2.45, 2.75) is 19.8 Å². The number of aryl methyl sites for hydroxylation is 1. The van der Waals surface area contributed by atoms with E-state index in [1.807, 2.05) is 12.1 Å². The molecule has 1 fully saturated rings. The van der Waals surface area contributed by atoms with Crippen LogP contribution in [0.3, 0.4) is 0 Å². The fourth-order valence-corrected chi connectivity index (χ4v) is 2.96. The first-order chi connectivity index (χ1) is 12.7. The number of hydrogen-bond donors (Lipinski definition) is 1. The molecule has 26 heavy (non-hydrogen) atoms. The molecule has 10 nitrogen and oxygen atoms in total. The Morgan fingerprint density at radius 1 is 1.23 bits per heavy atom. The molecule has 0 bridgehead atoms. The summed E-state index contributed by atoms with van der Waals surface area (Å²) in [5.41, 5.74) is 0. The van der Waals surface area contributed by atoms with Crippen LogP contribution < -0.4 is 10.2 Å². The summed E-state index contributed by atoms with van der Waals surface area (Å²) in [6.45, 7) is 3.27. The molecular weight excluding hydrogens is 336 g/mol. The highest BCUT2D eigenvalue weighted by molar-refractivity contribution is 5.91. The van der Waals surface area contributed by atoms with E-state index in [1.54, 1.807) is 24.0 Å². The SMILES string of the molecule is Cc1cc(NC(=O)C2CCN(c3ccc(-n4cncn4)nn3)CC2)no1. The number of nitrogens with one attached hydrogen (secondary N) is 1. The third-order valence-corrected chi connectivity index (χ3v) is 4.36. The largest absolute Gasteiger partial charge is 0.360 e. The molecule has 1 amide bonds. The van der Waals surface area contributed by atoms with Gasteiger partial charge < -0.3 is 14.7 Å². The summed E-state index contributed by atoms with van der Waals surface area (Å²) in [6.07, 6.45) is 4.51. The lowest BCUT2D eigenvalue weighted by atomic mass is 9.96. The lowest BCUT2D eigenvalue weighted by Gasteiger charge is -2.31. The summed E-state index contributed by atoms with van der Waals surface area (Å²) >= 11 is 0. The van der Waals surface area contributed by atoms with Crippen molar-refractivity contribution in [1.82, 2.24) is 30.1 Å². The minimum absolute atomic E-state index is 0.0226. The van der Waals surface area contributed by atoms with Crippen molar-refractivity contribution in [3.63, 3.8) is 0 Å². The van der Waals surface area contributed by atoms with Gasteiger partial charge >= 0.3 is 0 Å². The van der Waals surface area contributed by atoms with Gasteiger partial charge in [0.25, 0.3) is 0 Å². The highest BCUT2D eigenvalue weighted by atomic mass is 16.5. The molecule has 4 heterocycles. The van der Waals surface area contributed by atoms with Gasteiger partial charge in [-0.05, 0) is 31.9 Å². The molecule has 0 aliphatic carbocycles. The molecule has 0 unspecified atom stereocenters. The standard InChI is InChI=1S/C16H18N8O2/c1-11-8-13(22-26-11)19-16(25)12-4-6-23(7-5-12)14-2-3-15(21-20-14)24-10-17-9-18-24/h2-3,8-10,12H,4-7H2,1H3,(H,19,22,25). The van der Waals surface area contributed by atoms with Crippen LogP contribution in [0.1, 0.15) is 18.6 Å². The second-order valence-electron chi connectivity index (χ2n) is 6.16. The Kier molecular flexibility index (Phi) is 4.30. The van der Waals surface area contributed by atoms with Crippen LogP contribution in [-0.4, -0.2) is 49.1 Å². The predicted octanol–water partition coefficient (Wildman–Crippen LogP) is 1.21. The number of piperidine rings is 1. The zero-order chi connectivity index (χ0) is 17.9. The molecule has 10 heteroatoms. The van der Waals surface area contributed by atoms with Gasteiger partial charge in [-0.15, -0.1) is 10.2 Å². The van der Waals surface area contributed by atoms with E-state index < -0.39 is 0 Å². The van der Waals surface area contributed by atoms with Crippen molar-refractivity contribution in [2.24, 2.45) is 5.92 Å². The average Bonchev–Trinajstić information content (AvgIpc) is 3.34. The minimum Gasteiger partial charge on any atom is -0.360 e. The highest BCUT2D eigenvalue weighted by Gasteiger charge is 2.26. The van der Waals surface area contributed by atoms with Crippen LogP contribution in [0.4, 0.5) is 11.6 Å². The number of nitrogens with zero attached hydrogens (tertiary/aromatic N) is 7. The Morgan fingerprint density at radius 3 is 2.62 bits per heavy atom. The van der Waals surface area contributed by atoms with E-state index in [-0.39, 0.29) is 11.8 Å². The molecule has 0 atom stereocenters. The zero-order valence-corrected chi connectivity index (χ0v) is 14.2. The van der Waals surface area contributed by atoms with Crippen molar-refractivity contribution in [2.75, 3.05) is 23.3 Å². The van der Waals surface area contributed by atoms with Gasteiger partial charge in [0.1, 0.15) is 18.4 Å². The van der Waals surface area contributed by atoms with Crippen molar-refractivity contribution >= 4 is 17.5 Å². The Balaban J connectivity index is 1.33. The van der Waals surface area contributed by atoms with Gasteiger partial charge in [-0.2, -0.15) is 5.10 Å². The number of carbonyl (C=O) groups excluding carboxylic acids is 1. The topological polar surface area (TPSA) is 115 Å². The van der Waals surface area contributed by atoms with Gasteiger partial charge in [0, 0.05) is 25.1 Å². The molecule has 1 N–H and O–H groups in total. The van der Waals surface area contributed by atoms with E-state index in [9.17, 15) is 4.79 Å². The van der Waals surface area contributed by atoms with Crippen LogP contribution in [0.25, 0.3) is 5.82 Å². The predicted molar refractivity (Wildman–Crippen MR) is 91.8 cm³/mol. The molecule has 1 aliphatic heterocycles. The summed E-state index contributed by atoms with van der Waals surface area (Å²) in [5, 5.41) is 19.1. The maximum absolute atomic E-state index is 12.3. The molecule has 0 saturated carbocycles. The van der Waals surface area contributed by atoms with Crippen LogP contribution >= 0.6 is 0 Å². The number of hydrogen-bond acceptors (Lipinski definition) is 8. The molecule has 3 aromatic heterocycles. The second kappa shape index (κ2) is 6.90. The number of rotatable bonds is 4. The molecule has 0 spiro atoms. The van der Waals surface area contributed by atoms with E-state index >= 15 is 0 Å². The van der Waals surface area contributed by atoms with Gasteiger partial charge in [0.15, 0.2) is 17.5 Å². The van der Waals surface area contributed by atoms with E-state index in [0.717, 1.165) is 31.7 Å². The van der Waals surface area contributed by atoms with E-state index in [0.29, 0.717) is 17.4 Å². The Hall–Kier alpha value is -3.30. The first-order valence-electron chi connectivity index (χ1n) is 8.37. The molecule has 0 aromatic carbocycles. The Bertz CT molecular complexity index is 866. The van der Waals surface area contributed by atoms with Gasteiger partial charge in [-0.25, -0.2) is 9.67 Å². The number of carbonyl (C=O) groups is 1. The first-order valence-corrected chi connectivity index (χ1v) is 8.37. The highest BCUT2D eigenvalue weighted by Crippen LogP contribution is 2.23. The smallest absolute Gasteiger partial charge is 0.228 e. The number of anilines is 2. The van der Waals surface area contributed by atoms with Crippen LogP contribution in [0.5, 0.6) is 0 Å². The monoisotopic (exact) mass is 354 g/mol. The van der Waals surface area contributed by atoms with E-state index in [1.165, 1.54) is 6.33 Å². The lowest BCUT2D eigenvalue weighted by Crippen LogP contribution is -2.38. The molecule has 1 saturated heterocycles. The fourth-order valence-electron chi connectivity index (χ4n) is 2.96. The van der Waals surface area contributed by atoms with Crippen molar-refractivity contribution in [3.8, 4) is 5.82 Å². The molecular formula is C16H18N8O2. The lowest BCUT2D eigenvalue weighted by molar-refractivity contribution is -0.120. The molecule has 0 radical (unpaired) electrons. The van der Waals surface area contributed by atoms with Gasteiger partial charge in [-0.1, -0.05) is 5.16 Å². The van der Waals surface area contributed by atoms with Gasteiger partial charge in [0.2, 0.25) is 5.91 Å². The van der Waals surface area contributed by atoms with Gasteiger partial charge in [0.05, 0.1) is 0 Å². The third kappa shape index (κ3) is 3.39. The Labute approximate surface area is 149 Å². The number of amides is 1. The number of aromatic nitrogens is 6. The summed E-state index contributed by atoms with van der Waals surface area (Å²) in [4.78, 5) is 18.4. The second-order valence-corrected chi connectivity index (χ2v) is 6.16. The van der Waals surface area contributed by atoms with Crippen LogP contribution in [0.2, 0.25) is 0 Å². The van der Waals surface area contributed by atoms with Crippen LogP contribution in [0, 0.1) is 12.8 Å². The third-order valence-electron chi connectivity index (χ3n) is 4.36. The average molecular weight is 354 g/mol. The summed E-state index contributed by atoms with van der Waals surface area (Å²) in [7, 11) is 0. The summed E-state index contributed by atoms with van der Waals surface area (Å²) in [6, 6.07) is 5.46. The van der Waals surface area contributed by atoms with Crippen LogP contribution in [0.15, 0.2) is 35.4 Å². The van der Waals surface area contributed by atoms with E-state index in [4.69, 9.17) is 4.52 Å². The zero-order valence-electron chi connectivity index (χ0n) is 14.2. The summed E-state index contributed by atoms with van der Waals surface area (Å²) in [5.74, 6) is 2.46. The first kappa shape index (κ1) is 16.2. The quantitative estimate of drug-likeness (QED) is 0.743. The van der Waals surface area contributed by atoms with Crippen molar-refractivity contribution in [3.05, 3.63) is 36.6 Å². The van der Waals surface area contributed by atoms with Crippen molar-refractivity contribution in [1.29, 1.82) is 0 Å². The maximum atomic E-state index is 12.3. The normalized spacial score (nSPS) is 15.2. The maximum Gasteiger partial charge on any atom is 0.228 e. The summed E-state index contributed by atoms with van der Waals surface area (Å²) < 4.78 is 6.52. The van der Waals surface area contributed by atoms with E-state index in [2.05, 4.69) is 35.7 Å². The molecule has 3 aromatic rings. The fraction of sp³-hybridized carbons (Fsp3) is 0.375. The Morgan fingerprint density at radius 2 is 2.00 bits per heavy atom. The molecule has 1 aliphatic rings. The van der Waals surface area contributed by atoms with Crippen LogP contribution in [-0.2, 0) is 4.79 Å².